The van der Waals surface area contributed by atoms with E-state index in [0.29, 0.717) is 0 Å². The molecule has 114 valence electrons. The van der Waals surface area contributed by atoms with Gasteiger partial charge in [-0.1, -0.05) is 32.3 Å². The molecule has 1 aliphatic rings. The predicted octanol–water partition coefficient (Wildman–Crippen LogP) is 5.83. The van der Waals surface area contributed by atoms with E-state index in [1.54, 1.807) is 0 Å². The average molecular weight is 402 g/mol. The summed E-state index contributed by atoms with van der Waals surface area (Å²) in [6.07, 6.45) is 8.24. The van der Waals surface area contributed by atoms with Gasteiger partial charge in [0.15, 0.2) is 0 Å². The molecule has 0 N–H and O–H groups in total. The Morgan fingerprint density at radius 3 is 2.05 bits per heavy atom. The predicted molar refractivity (Wildman–Crippen MR) is 101 cm³/mol. The minimum absolute atomic E-state index is 0. The van der Waals surface area contributed by atoms with Crippen LogP contribution in [0, 0.1) is 6.08 Å². The second kappa shape index (κ2) is 12.1. The van der Waals surface area contributed by atoms with Gasteiger partial charge in [-0.15, -0.1) is 43.0 Å². The maximum absolute atomic E-state index is 3.05. The minimum atomic E-state index is 0. The van der Waals surface area contributed by atoms with Crippen LogP contribution in [0.2, 0.25) is 26.2 Å². The van der Waals surface area contributed by atoms with E-state index in [1.807, 2.05) is 6.08 Å². The van der Waals surface area contributed by atoms with E-state index >= 15 is 0 Å². The number of benzene rings is 1. The third-order valence-electron chi connectivity index (χ3n) is 3.42. The van der Waals surface area contributed by atoms with Gasteiger partial charge in [-0.05, 0) is 0 Å². The molecule has 2 radical (unpaired) electrons. The molecule has 0 spiro atoms. The fourth-order valence-electron chi connectivity index (χ4n) is 1.57. The molecule has 0 unspecified atom stereocenters. The Bertz CT molecular complexity index is 541. The van der Waals surface area contributed by atoms with E-state index in [2.05, 4.69) is 87.7 Å². The number of hydrogen-bond acceptors (Lipinski definition) is 0. The van der Waals surface area contributed by atoms with Crippen LogP contribution in [0.25, 0.3) is 10.8 Å². The summed E-state index contributed by atoms with van der Waals surface area (Å²) in [6.45, 7) is 11.6. The molecule has 0 nitrogen and oxygen atoms in total. The molecule has 0 aliphatic heterocycles. The van der Waals surface area contributed by atoms with E-state index in [1.165, 1.54) is 16.3 Å². The number of rotatable bonds is 1. The summed E-state index contributed by atoms with van der Waals surface area (Å²) >= 11 is 0. The van der Waals surface area contributed by atoms with Gasteiger partial charge in [-0.2, -0.15) is 23.6 Å². The van der Waals surface area contributed by atoms with Gasteiger partial charge in [-0.3, -0.25) is 6.08 Å². The number of hydrogen-bond donors (Lipinski definition) is 0. The van der Waals surface area contributed by atoms with Crippen LogP contribution in [0.1, 0.15) is 13.3 Å². The summed E-state index contributed by atoms with van der Waals surface area (Å²) in [7, 11) is 0.300. The summed E-state index contributed by atoms with van der Waals surface area (Å²) in [5.74, 6) is 0. The second-order valence-electron chi connectivity index (χ2n) is 5.66. The smallest absolute Gasteiger partial charge is 0.273 e. The largest absolute Gasteiger partial charge is 2.00 e. The molecule has 1 aliphatic carbocycles. The van der Waals surface area contributed by atoms with Crippen molar-refractivity contribution in [2.45, 2.75) is 39.5 Å². The molecule has 0 fully saturated rings. The molecule has 3 rings (SSSR count). The average Bonchev–Trinajstić information content (AvgIpc) is 3.10. The van der Waals surface area contributed by atoms with Crippen LogP contribution in [0.4, 0.5) is 0 Å². The molecule has 0 heterocycles. The van der Waals surface area contributed by atoms with Crippen molar-refractivity contribution in [1.82, 2.24) is 0 Å². The summed E-state index contributed by atoms with van der Waals surface area (Å²) in [4.78, 5) is 0. The molecule has 0 bridgehead atoms. The minimum Gasteiger partial charge on any atom is -0.273 e. The summed E-state index contributed by atoms with van der Waals surface area (Å²) in [6, 6.07) is 14.7. The van der Waals surface area contributed by atoms with Crippen molar-refractivity contribution >= 4 is 27.4 Å². The van der Waals surface area contributed by atoms with Crippen LogP contribution >= 0.6 is 0 Å². The van der Waals surface area contributed by atoms with Crippen molar-refractivity contribution in [2.75, 3.05) is 0 Å². The van der Waals surface area contributed by atoms with Gasteiger partial charge < -0.3 is 0 Å². The van der Waals surface area contributed by atoms with E-state index < -0.39 is 0 Å². The van der Waals surface area contributed by atoms with Gasteiger partial charge in [0.05, 0.1) is 0 Å². The quantitative estimate of drug-likeness (QED) is 0.417. The van der Waals surface area contributed by atoms with Gasteiger partial charge in [0.1, 0.15) is 0 Å². The first-order valence-corrected chi connectivity index (χ1v) is 13.4. The molecule has 2 aromatic carbocycles. The Balaban J connectivity index is 0.000000306. The third-order valence-corrected chi connectivity index (χ3v) is 11.4. The molecular weight excluding hydrogens is 376 g/mol. The first-order valence-electron chi connectivity index (χ1n) is 7.45. The number of allylic oxidation sites excluding steroid dienone is 4. The van der Waals surface area contributed by atoms with Crippen LogP contribution in [-0.4, -0.2) is 16.6 Å². The Morgan fingerprint density at radius 2 is 1.64 bits per heavy atom. The van der Waals surface area contributed by atoms with Crippen molar-refractivity contribution in [3.63, 3.8) is 0 Å². The first kappa shape index (κ1) is 21.6. The van der Waals surface area contributed by atoms with Crippen LogP contribution < -0.4 is 0 Å². The molecular formula is C19H26Si2Zr. The van der Waals surface area contributed by atoms with E-state index in [-0.39, 0.29) is 42.8 Å². The Labute approximate surface area is 158 Å². The fourth-order valence-corrected chi connectivity index (χ4v) is 1.57. The van der Waals surface area contributed by atoms with Crippen LogP contribution in [0.5, 0.6) is 0 Å². The van der Waals surface area contributed by atoms with E-state index in [4.69, 9.17) is 0 Å². The maximum Gasteiger partial charge on any atom is 2.00 e. The molecule has 22 heavy (non-hydrogen) atoms. The van der Waals surface area contributed by atoms with Crippen LogP contribution in [-0.2, 0) is 26.2 Å². The standard InChI is InChI=1S/C9H7.C6H7.C4H12Si2.Zr/c1-2-5-9-7-3-6-8(9)4-1;1-6-4-2-3-5-6;1-5(2)6(3)4;/h1-7H;4-5H,2H2,1H3;1-4H3;/q2*-1;;+2. The van der Waals surface area contributed by atoms with Gasteiger partial charge in [0, 0.05) is 16.6 Å². The molecule has 0 amide bonds. The Morgan fingerprint density at radius 1 is 1.00 bits per heavy atom. The number of fused-ring (bicyclic) bond motifs is 1. The third kappa shape index (κ3) is 8.92. The van der Waals surface area contributed by atoms with E-state index in [9.17, 15) is 0 Å². The van der Waals surface area contributed by atoms with E-state index in [0.717, 1.165) is 6.42 Å². The van der Waals surface area contributed by atoms with Gasteiger partial charge in [0.2, 0.25) is 0 Å². The molecule has 0 atom stereocenters. The normalized spacial score (nSPS) is 12.2. The van der Waals surface area contributed by atoms with Gasteiger partial charge in [-0.25, -0.2) is 11.6 Å². The topological polar surface area (TPSA) is 0 Å². The molecule has 3 heteroatoms. The fraction of sp³-hybridized carbons (Fsp3) is 0.316. The molecule has 2 aromatic rings. The SMILES string of the molecule is CC1=CC[C-]=C1.C[Si](C)[Si](C)C.[Zr+2].c1ccc2[cH-]ccc2c1. The van der Waals surface area contributed by atoms with Crippen molar-refractivity contribution in [1.29, 1.82) is 0 Å². The first-order chi connectivity index (χ1) is 10.0. The Kier molecular flexibility index (Phi) is 11.9. The molecule has 0 aromatic heterocycles. The van der Waals surface area contributed by atoms with Crippen LogP contribution in [0.3, 0.4) is 0 Å². The zero-order valence-electron chi connectivity index (χ0n) is 14.4. The van der Waals surface area contributed by atoms with Crippen LogP contribution in [0.15, 0.2) is 60.2 Å². The van der Waals surface area contributed by atoms with Crippen molar-refractivity contribution in [2.24, 2.45) is 0 Å². The molecule has 0 saturated carbocycles. The molecule has 0 saturated heterocycles. The monoisotopic (exact) mass is 400 g/mol. The Hall–Kier alpha value is -0.373. The summed E-state index contributed by atoms with van der Waals surface area (Å²) in [5, 5.41) is 2.66. The zero-order chi connectivity index (χ0) is 15.7. The second-order valence-corrected chi connectivity index (χ2v) is 15.7. The zero-order valence-corrected chi connectivity index (χ0v) is 18.9. The van der Waals surface area contributed by atoms with Crippen molar-refractivity contribution in [3.05, 3.63) is 66.3 Å². The maximum atomic E-state index is 3.05. The van der Waals surface area contributed by atoms with Gasteiger partial charge in [0.25, 0.3) is 0 Å². The van der Waals surface area contributed by atoms with Crippen molar-refractivity contribution in [3.8, 4) is 0 Å². The van der Waals surface area contributed by atoms with Crippen molar-refractivity contribution < 1.29 is 26.2 Å². The van der Waals surface area contributed by atoms with Gasteiger partial charge >= 0.3 is 26.2 Å². The summed E-state index contributed by atoms with van der Waals surface area (Å²) < 4.78 is 0. The summed E-state index contributed by atoms with van der Waals surface area (Å²) in [5.41, 5.74) is 1.34.